The van der Waals surface area contributed by atoms with Crippen LogP contribution in [-0.4, -0.2) is 70.7 Å². The Hall–Kier alpha value is -1.48. The topological polar surface area (TPSA) is 106 Å². The molecule has 1 amide bonds. The van der Waals surface area contributed by atoms with Crippen LogP contribution in [0.3, 0.4) is 0 Å². The van der Waals surface area contributed by atoms with Crippen molar-refractivity contribution < 1.29 is 37.3 Å². The lowest BCUT2D eigenvalue weighted by Gasteiger charge is -2.28. The quantitative estimate of drug-likeness (QED) is 0.0541. The SMILES string of the molecule is CCCCCCCCCCCCCCCCCCNC(=O)OCC(COP(=O)([O-])OCC[N+](C)(C)C)OCc1ccccc1. The van der Waals surface area contributed by atoms with Crippen LogP contribution in [0.15, 0.2) is 30.3 Å². The molecule has 0 aromatic heterocycles. The summed E-state index contributed by atoms with van der Waals surface area (Å²) < 4.78 is 34.0. The van der Waals surface area contributed by atoms with E-state index in [1.165, 1.54) is 89.9 Å². The highest BCUT2D eigenvalue weighted by Crippen LogP contribution is 2.38. The van der Waals surface area contributed by atoms with Crippen molar-refractivity contribution in [1.82, 2.24) is 5.32 Å². The van der Waals surface area contributed by atoms with Crippen LogP contribution >= 0.6 is 7.82 Å². The summed E-state index contributed by atoms with van der Waals surface area (Å²) >= 11 is 0. The molecule has 10 heteroatoms. The number of carbonyl (C=O) groups excluding carboxylic acids is 1. The zero-order chi connectivity index (χ0) is 32.4. The molecule has 1 rings (SSSR count). The Morgan fingerprint density at radius 3 is 1.84 bits per heavy atom. The molecule has 0 saturated carbocycles. The third-order valence-corrected chi connectivity index (χ3v) is 8.42. The number of hydrogen-bond donors (Lipinski definition) is 1. The first kappa shape index (κ1) is 40.5. The molecule has 0 aliphatic heterocycles. The first-order valence-electron chi connectivity index (χ1n) is 17.1. The Kier molecular flexibility index (Phi) is 23.7. The lowest BCUT2D eigenvalue weighted by atomic mass is 10.0. The average Bonchev–Trinajstić information content (AvgIpc) is 2.98. The van der Waals surface area contributed by atoms with Gasteiger partial charge in [-0.25, -0.2) is 4.79 Å². The third kappa shape index (κ3) is 25.8. The number of alkyl carbamates (subject to hydrolysis) is 1. The molecule has 2 unspecified atom stereocenters. The van der Waals surface area contributed by atoms with E-state index in [2.05, 4.69) is 12.2 Å². The maximum Gasteiger partial charge on any atom is 0.407 e. The van der Waals surface area contributed by atoms with E-state index in [1.807, 2.05) is 51.5 Å². The molecule has 0 fully saturated rings. The van der Waals surface area contributed by atoms with Crippen molar-refractivity contribution in [3.63, 3.8) is 0 Å². The van der Waals surface area contributed by atoms with Gasteiger partial charge in [0.25, 0.3) is 7.82 Å². The van der Waals surface area contributed by atoms with Crippen molar-refractivity contribution in [3.8, 4) is 0 Å². The van der Waals surface area contributed by atoms with E-state index in [1.54, 1.807) is 0 Å². The van der Waals surface area contributed by atoms with Crippen molar-refractivity contribution in [2.45, 2.75) is 122 Å². The fourth-order valence-electron chi connectivity index (χ4n) is 4.65. The highest BCUT2D eigenvalue weighted by molar-refractivity contribution is 7.45. The largest absolute Gasteiger partial charge is 0.756 e. The predicted octanol–water partition coefficient (Wildman–Crippen LogP) is 7.77. The van der Waals surface area contributed by atoms with Gasteiger partial charge in [-0.3, -0.25) is 4.57 Å². The lowest BCUT2D eigenvalue weighted by molar-refractivity contribution is -0.870. The molecule has 0 spiro atoms. The maximum absolute atomic E-state index is 12.2. The molecule has 9 nitrogen and oxygen atoms in total. The summed E-state index contributed by atoms with van der Waals surface area (Å²) in [7, 11) is 1.30. The average molecular weight is 643 g/mol. The van der Waals surface area contributed by atoms with Crippen LogP contribution in [0, 0.1) is 0 Å². The minimum absolute atomic E-state index is 0.0120. The van der Waals surface area contributed by atoms with Crippen molar-refractivity contribution in [1.29, 1.82) is 0 Å². The second-order valence-corrected chi connectivity index (χ2v) is 14.2. The molecule has 0 saturated heterocycles. The molecular formula is C34H63N2O7P. The highest BCUT2D eigenvalue weighted by Gasteiger charge is 2.19. The molecule has 1 aromatic rings. The number of hydrogen-bond acceptors (Lipinski definition) is 7. The van der Waals surface area contributed by atoms with Gasteiger partial charge in [-0.15, -0.1) is 0 Å². The number of rotatable bonds is 29. The smallest absolute Gasteiger partial charge is 0.407 e. The van der Waals surface area contributed by atoms with Gasteiger partial charge in [-0.05, 0) is 12.0 Å². The second-order valence-electron chi connectivity index (χ2n) is 12.8. The van der Waals surface area contributed by atoms with Gasteiger partial charge in [0.2, 0.25) is 0 Å². The molecular weight excluding hydrogens is 579 g/mol. The zero-order valence-corrected chi connectivity index (χ0v) is 29.2. The van der Waals surface area contributed by atoms with Gasteiger partial charge in [0.15, 0.2) is 0 Å². The van der Waals surface area contributed by atoms with E-state index in [0.717, 1.165) is 18.4 Å². The van der Waals surface area contributed by atoms with Crippen molar-refractivity contribution in [2.75, 3.05) is 54.1 Å². The lowest BCUT2D eigenvalue weighted by Crippen LogP contribution is -2.37. The molecule has 1 aromatic carbocycles. The van der Waals surface area contributed by atoms with Crippen LogP contribution in [0.1, 0.15) is 115 Å². The van der Waals surface area contributed by atoms with E-state index in [-0.39, 0.29) is 26.4 Å². The van der Waals surface area contributed by atoms with Gasteiger partial charge in [-0.2, -0.15) is 0 Å². The number of nitrogens with zero attached hydrogens (tertiary/aromatic N) is 1. The molecule has 0 heterocycles. The molecule has 0 aliphatic rings. The Bertz CT molecular complexity index is 867. The Morgan fingerprint density at radius 1 is 0.795 bits per heavy atom. The summed E-state index contributed by atoms with van der Waals surface area (Å²) in [5, 5.41) is 2.78. The van der Waals surface area contributed by atoms with E-state index in [9.17, 15) is 14.3 Å². The molecule has 0 aliphatic carbocycles. The number of quaternary nitrogens is 1. The highest BCUT2D eigenvalue weighted by atomic mass is 31.2. The zero-order valence-electron chi connectivity index (χ0n) is 28.3. The van der Waals surface area contributed by atoms with E-state index in [0.29, 0.717) is 17.6 Å². The molecule has 256 valence electrons. The summed E-state index contributed by atoms with van der Waals surface area (Å²) in [6, 6.07) is 9.48. The third-order valence-electron chi connectivity index (χ3n) is 7.46. The fraction of sp³-hybridized carbons (Fsp3) is 0.794. The monoisotopic (exact) mass is 642 g/mol. The van der Waals surface area contributed by atoms with E-state index < -0.39 is 20.0 Å². The number of benzene rings is 1. The van der Waals surface area contributed by atoms with Crippen LogP contribution in [0.2, 0.25) is 0 Å². The van der Waals surface area contributed by atoms with Crippen LogP contribution in [-0.2, 0) is 29.7 Å². The first-order valence-corrected chi connectivity index (χ1v) is 18.5. The second kappa shape index (κ2) is 25.7. The number of phosphoric ester groups is 1. The fourth-order valence-corrected chi connectivity index (χ4v) is 5.38. The summed E-state index contributed by atoms with van der Waals surface area (Å²) in [4.78, 5) is 24.5. The van der Waals surface area contributed by atoms with E-state index in [4.69, 9.17) is 18.5 Å². The predicted molar refractivity (Wildman–Crippen MR) is 176 cm³/mol. The van der Waals surface area contributed by atoms with Gasteiger partial charge in [0, 0.05) is 6.54 Å². The van der Waals surface area contributed by atoms with Crippen LogP contribution in [0.25, 0.3) is 0 Å². The minimum atomic E-state index is -4.52. The molecule has 0 radical (unpaired) electrons. The molecule has 44 heavy (non-hydrogen) atoms. The maximum atomic E-state index is 12.2. The number of phosphoric acid groups is 1. The summed E-state index contributed by atoms with van der Waals surface area (Å²) in [5.41, 5.74) is 0.912. The minimum Gasteiger partial charge on any atom is -0.756 e. The normalized spacial score (nSPS) is 13.8. The van der Waals surface area contributed by atoms with Crippen LogP contribution in [0.4, 0.5) is 4.79 Å². The Labute approximate surface area is 268 Å². The van der Waals surface area contributed by atoms with Crippen LogP contribution < -0.4 is 10.2 Å². The van der Waals surface area contributed by atoms with Crippen molar-refractivity contribution in [2.24, 2.45) is 0 Å². The summed E-state index contributed by atoms with van der Waals surface area (Å²) in [6.07, 6.45) is 19.5. The molecule has 0 bridgehead atoms. The van der Waals surface area contributed by atoms with Crippen LogP contribution in [0.5, 0.6) is 0 Å². The van der Waals surface area contributed by atoms with Gasteiger partial charge in [-0.1, -0.05) is 134 Å². The van der Waals surface area contributed by atoms with Crippen molar-refractivity contribution in [3.05, 3.63) is 35.9 Å². The number of amides is 1. The van der Waals surface area contributed by atoms with Gasteiger partial charge in [0.05, 0.1) is 34.4 Å². The number of ether oxygens (including phenoxy) is 2. The Balaban J connectivity index is 2.17. The van der Waals surface area contributed by atoms with Gasteiger partial charge < -0.3 is 33.2 Å². The summed E-state index contributed by atoms with van der Waals surface area (Å²) in [5.74, 6) is 0. The first-order chi connectivity index (χ1) is 21.1. The van der Waals surface area contributed by atoms with E-state index >= 15 is 0 Å². The van der Waals surface area contributed by atoms with Gasteiger partial charge in [0.1, 0.15) is 25.9 Å². The Morgan fingerprint density at radius 2 is 1.32 bits per heavy atom. The van der Waals surface area contributed by atoms with Crippen molar-refractivity contribution >= 4 is 13.9 Å². The van der Waals surface area contributed by atoms with Gasteiger partial charge >= 0.3 is 6.09 Å². The number of nitrogens with one attached hydrogen (secondary N) is 1. The molecule has 1 N–H and O–H groups in total. The number of likely N-dealkylation sites (N-methyl/N-ethyl adjacent to an activating group) is 1. The summed E-state index contributed by atoms with van der Waals surface area (Å²) in [6.45, 7) is 3.10. The number of carbonyl (C=O) groups is 1. The standard InChI is InChI=1S/C34H63N2O7P/c1-5-6-7-8-9-10-11-12-13-14-15-16-17-18-19-23-26-35-34(37)41-30-33(40-29-32-24-21-20-22-25-32)31-43-44(38,39)42-28-27-36(2,3)4/h20-22,24-25,33H,5-19,23,26-31H2,1-4H3,(H-,35,37,38,39). The molecule has 2 atom stereocenters. The number of unbranched alkanes of at least 4 members (excludes halogenated alkanes) is 15.